The molecule has 2 rings (SSSR count). The van der Waals surface area contributed by atoms with Gasteiger partial charge in [-0.3, -0.25) is 9.59 Å². The van der Waals surface area contributed by atoms with Crippen molar-refractivity contribution >= 4 is 29.3 Å². The van der Waals surface area contributed by atoms with Gasteiger partial charge in [0.2, 0.25) is 5.91 Å². The Labute approximate surface area is 155 Å². The number of aryl methyl sites for hydroxylation is 1. The van der Waals surface area contributed by atoms with Gasteiger partial charge in [-0.2, -0.15) is 0 Å². The van der Waals surface area contributed by atoms with E-state index >= 15 is 0 Å². The summed E-state index contributed by atoms with van der Waals surface area (Å²) in [5, 5.41) is 3.16. The molecule has 0 unspecified atom stereocenters. The molecule has 1 aromatic heterocycles. The minimum absolute atomic E-state index is 0.109. The third kappa shape index (κ3) is 6.03. The molecule has 0 radical (unpaired) electrons. The van der Waals surface area contributed by atoms with Crippen LogP contribution in [0.15, 0.2) is 40.3 Å². The fourth-order valence-electron chi connectivity index (χ4n) is 2.17. The van der Waals surface area contributed by atoms with Crippen molar-refractivity contribution in [1.82, 2.24) is 9.97 Å². The number of amides is 1. The molecule has 1 amide bonds. The van der Waals surface area contributed by atoms with Gasteiger partial charge in [-0.25, -0.2) is 9.78 Å². The number of hydrogen-bond donors (Lipinski definition) is 2. The normalized spacial score (nSPS) is 10.4. The zero-order valence-electron chi connectivity index (χ0n) is 14.7. The van der Waals surface area contributed by atoms with Gasteiger partial charge in [0.05, 0.1) is 17.9 Å². The highest BCUT2D eigenvalue weighted by molar-refractivity contribution is 7.99. The lowest BCUT2D eigenvalue weighted by molar-refractivity contribution is -0.113. The van der Waals surface area contributed by atoms with E-state index in [1.165, 1.54) is 6.07 Å². The molecule has 0 saturated carbocycles. The number of anilines is 1. The fourth-order valence-corrected chi connectivity index (χ4v) is 2.87. The zero-order valence-corrected chi connectivity index (χ0v) is 15.5. The SMILES string of the molecule is CCCc1cc(=O)[nH]c(SCC(=O)Nc2ccc(C(=O)OCC)cc2)n1. The second kappa shape index (κ2) is 9.76. The maximum atomic E-state index is 12.1. The van der Waals surface area contributed by atoms with Gasteiger partial charge in [-0.05, 0) is 37.6 Å². The molecule has 1 aromatic carbocycles. The molecule has 0 fully saturated rings. The number of esters is 1. The monoisotopic (exact) mass is 375 g/mol. The van der Waals surface area contributed by atoms with E-state index in [0.29, 0.717) is 28.7 Å². The van der Waals surface area contributed by atoms with Crippen molar-refractivity contribution in [2.45, 2.75) is 31.8 Å². The topological polar surface area (TPSA) is 101 Å². The number of benzene rings is 1. The Bertz CT molecular complexity index is 818. The predicted octanol–water partition coefficient (Wildman–Crippen LogP) is 2.63. The highest BCUT2D eigenvalue weighted by Gasteiger charge is 2.09. The van der Waals surface area contributed by atoms with Crippen LogP contribution in [-0.2, 0) is 16.0 Å². The minimum Gasteiger partial charge on any atom is -0.462 e. The van der Waals surface area contributed by atoms with E-state index in [2.05, 4.69) is 15.3 Å². The Morgan fingerprint density at radius 2 is 1.96 bits per heavy atom. The molecule has 0 atom stereocenters. The van der Waals surface area contributed by atoms with Gasteiger partial charge in [-0.15, -0.1) is 0 Å². The first-order valence-electron chi connectivity index (χ1n) is 8.32. The Morgan fingerprint density at radius 3 is 2.62 bits per heavy atom. The van der Waals surface area contributed by atoms with Crippen molar-refractivity contribution in [1.29, 1.82) is 0 Å². The van der Waals surface area contributed by atoms with Crippen molar-refractivity contribution in [2.24, 2.45) is 0 Å². The van der Waals surface area contributed by atoms with Crippen LogP contribution in [0.25, 0.3) is 0 Å². The number of nitrogens with one attached hydrogen (secondary N) is 2. The van der Waals surface area contributed by atoms with Crippen LogP contribution in [-0.4, -0.2) is 34.2 Å². The third-order valence-electron chi connectivity index (χ3n) is 3.30. The van der Waals surface area contributed by atoms with E-state index in [0.717, 1.165) is 24.6 Å². The first-order valence-corrected chi connectivity index (χ1v) is 9.30. The second-order valence-corrected chi connectivity index (χ2v) is 6.39. The molecule has 0 aliphatic heterocycles. The van der Waals surface area contributed by atoms with Crippen molar-refractivity contribution in [2.75, 3.05) is 17.7 Å². The van der Waals surface area contributed by atoms with E-state index in [-0.39, 0.29) is 17.2 Å². The van der Waals surface area contributed by atoms with Crippen LogP contribution in [0.3, 0.4) is 0 Å². The van der Waals surface area contributed by atoms with Crippen LogP contribution < -0.4 is 10.9 Å². The summed E-state index contributed by atoms with van der Waals surface area (Å²) in [7, 11) is 0. The number of rotatable bonds is 8. The molecule has 0 bridgehead atoms. The summed E-state index contributed by atoms with van der Waals surface area (Å²) in [6.45, 7) is 4.06. The predicted molar refractivity (Wildman–Crippen MR) is 101 cm³/mol. The summed E-state index contributed by atoms with van der Waals surface area (Å²) >= 11 is 1.16. The summed E-state index contributed by atoms with van der Waals surface area (Å²) in [4.78, 5) is 42.2. The van der Waals surface area contributed by atoms with Crippen molar-refractivity contribution in [3.8, 4) is 0 Å². The average Bonchev–Trinajstić information content (AvgIpc) is 2.61. The molecule has 0 aliphatic rings. The molecule has 2 aromatic rings. The lowest BCUT2D eigenvalue weighted by atomic mass is 10.2. The van der Waals surface area contributed by atoms with Crippen molar-refractivity contribution in [3.63, 3.8) is 0 Å². The van der Waals surface area contributed by atoms with Crippen LogP contribution in [0.4, 0.5) is 5.69 Å². The number of H-pyrrole nitrogens is 1. The molecule has 0 saturated heterocycles. The van der Waals surface area contributed by atoms with Crippen LogP contribution in [0.1, 0.15) is 36.3 Å². The van der Waals surface area contributed by atoms with Crippen molar-refractivity contribution in [3.05, 3.63) is 51.9 Å². The summed E-state index contributed by atoms with van der Waals surface area (Å²) in [6, 6.07) is 7.92. The highest BCUT2D eigenvalue weighted by atomic mass is 32.2. The van der Waals surface area contributed by atoms with Gasteiger partial charge in [-0.1, -0.05) is 25.1 Å². The quantitative estimate of drug-likeness (QED) is 0.418. The lowest BCUT2D eigenvalue weighted by Gasteiger charge is -2.07. The summed E-state index contributed by atoms with van der Waals surface area (Å²) < 4.78 is 4.91. The molecule has 0 spiro atoms. The number of ether oxygens (including phenoxy) is 1. The largest absolute Gasteiger partial charge is 0.462 e. The molecule has 7 nitrogen and oxygen atoms in total. The van der Waals surface area contributed by atoms with Crippen LogP contribution in [0, 0.1) is 0 Å². The van der Waals surface area contributed by atoms with Crippen LogP contribution in [0.5, 0.6) is 0 Å². The average molecular weight is 375 g/mol. The van der Waals surface area contributed by atoms with Crippen molar-refractivity contribution < 1.29 is 14.3 Å². The number of aromatic nitrogens is 2. The molecule has 2 N–H and O–H groups in total. The number of carbonyl (C=O) groups excluding carboxylic acids is 2. The van der Waals surface area contributed by atoms with Gasteiger partial charge >= 0.3 is 5.97 Å². The molecule has 0 aliphatic carbocycles. The molecule has 138 valence electrons. The summed E-state index contributed by atoms with van der Waals surface area (Å²) in [5.41, 5.74) is 1.49. The smallest absolute Gasteiger partial charge is 0.338 e. The second-order valence-electron chi connectivity index (χ2n) is 5.43. The fraction of sp³-hybridized carbons (Fsp3) is 0.333. The summed E-state index contributed by atoms with van der Waals surface area (Å²) in [5.74, 6) is -0.525. The van der Waals surface area contributed by atoms with Crippen LogP contribution in [0.2, 0.25) is 0 Å². The molecular weight excluding hydrogens is 354 g/mol. The number of hydrogen-bond acceptors (Lipinski definition) is 6. The number of thioether (sulfide) groups is 1. The Kier molecular flexibility index (Phi) is 7.40. The van der Waals surface area contributed by atoms with Gasteiger partial charge in [0, 0.05) is 17.4 Å². The molecule has 26 heavy (non-hydrogen) atoms. The summed E-state index contributed by atoms with van der Waals surface area (Å²) in [6.07, 6.45) is 1.61. The van der Waals surface area contributed by atoms with E-state index in [4.69, 9.17) is 4.74 Å². The number of carbonyl (C=O) groups is 2. The highest BCUT2D eigenvalue weighted by Crippen LogP contribution is 2.14. The number of aromatic amines is 1. The zero-order chi connectivity index (χ0) is 18.9. The molecular formula is C18H21N3O4S. The van der Waals surface area contributed by atoms with E-state index in [1.807, 2.05) is 6.92 Å². The minimum atomic E-state index is -0.400. The number of nitrogens with zero attached hydrogens (tertiary/aromatic N) is 1. The third-order valence-corrected chi connectivity index (χ3v) is 4.17. The standard InChI is InChI=1S/C18H21N3O4S/c1-3-5-14-10-15(22)21-18(20-14)26-11-16(23)19-13-8-6-12(7-9-13)17(24)25-4-2/h6-10H,3-5,11H2,1-2H3,(H,19,23)(H,20,21,22). The Morgan fingerprint density at radius 1 is 1.23 bits per heavy atom. The van der Waals surface area contributed by atoms with Gasteiger partial charge in [0.1, 0.15) is 0 Å². The molecule has 1 heterocycles. The maximum Gasteiger partial charge on any atom is 0.338 e. The Hall–Kier alpha value is -2.61. The lowest BCUT2D eigenvalue weighted by Crippen LogP contribution is -2.16. The molecule has 8 heteroatoms. The van der Waals surface area contributed by atoms with Gasteiger partial charge in [0.25, 0.3) is 5.56 Å². The van der Waals surface area contributed by atoms with E-state index < -0.39 is 5.97 Å². The maximum absolute atomic E-state index is 12.1. The van der Waals surface area contributed by atoms with Gasteiger partial charge < -0.3 is 15.0 Å². The van der Waals surface area contributed by atoms with E-state index in [1.54, 1.807) is 31.2 Å². The Balaban J connectivity index is 1.91. The van der Waals surface area contributed by atoms with E-state index in [9.17, 15) is 14.4 Å². The first kappa shape index (κ1) is 19.7. The first-order chi connectivity index (χ1) is 12.5. The van der Waals surface area contributed by atoms with Crippen LogP contribution >= 0.6 is 11.8 Å². The van der Waals surface area contributed by atoms with Gasteiger partial charge in [0.15, 0.2) is 5.16 Å².